The van der Waals surface area contributed by atoms with Crippen molar-refractivity contribution in [2.24, 2.45) is 5.92 Å². The van der Waals surface area contributed by atoms with Gasteiger partial charge in [-0.3, -0.25) is 14.7 Å². The number of aromatic nitrogens is 1. The molecule has 1 aromatic heterocycles. The second-order valence-electron chi connectivity index (χ2n) is 8.51. The summed E-state index contributed by atoms with van der Waals surface area (Å²) in [7, 11) is 5.23. The molecule has 33 heavy (non-hydrogen) atoms. The molecular weight excluding hydrogens is 414 g/mol. The first kappa shape index (κ1) is 22.8. The van der Waals surface area contributed by atoms with Crippen LogP contribution in [0.15, 0.2) is 67.0 Å². The Morgan fingerprint density at radius 2 is 1.67 bits per heavy atom. The molecule has 2 aromatic carbocycles. The van der Waals surface area contributed by atoms with Crippen molar-refractivity contribution >= 4 is 5.91 Å². The highest BCUT2D eigenvalue weighted by atomic mass is 16.5. The first-order chi connectivity index (χ1) is 16.1. The zero-order valence-corrected chi connectivity index (χ0v) is 19.5. The Kier molecular flexibility index (Phi) is 7.25. The van der Waals surface area contributed by atoms with Crippen LogP contribution in [0.25, 0.3) is 11.1 Å². The number of hydrogen-bond donors (Lipinski definition) is 0. The monoisotopic (exact) mass is 445 g/mol. The van der Waals surface area contributed by atoms with Crippen molar-refractivity contribution in [1.82, 2.24) is 14.8 Å². The van der Waals surface area contributed by atoms with Crippen LogP contribution >= 0.6 is 0 Å². The smallest absolute Gasteiger partial charge is 0.227 e. The van der Waals surface area contributed by atoms with Crippen molar-refractivity contribution in [3.63, 3.8) is 0 Å². The molecule has 1 amide bonds. The molecule has 3 aromatic rings. The molecule has 4 rings (SSSR count). The Labute approximate surface area is 195 Å². The first-order valence-corrected chi connectivity index (χ1v) is 11.2. The van der Waals surface area contributed by atoms with Crippen LogP contribution < -0.4 is 9.47 Å². The molecule has 0 bridgehead atoms. The van der Waals surface area contributed by atoms with Gasteiger partial charge in [0.05, 0.1) is 20.1 Å². The average Bonchev–Trinajstić information content (AvgIpc) is 2.98. The van der Waals surface area contributed by atoms with Crippen LogP contribution in [0.1, 0.15) is 11.1 Å². The number of carbonyl (C=O) groups excluding carboxylic acids is 1. The summed E-state index contributed by atoms with van der Waals surface area (Å²) in [5.41, 5.74) is 4.57. The molecule has 6 heteroatoms. The fraction of sp³-hybridized carbons (Fsp3) is 0.333. The number of nitrogens with zero attached hydrogens (tertiary/aromatic N) is 3. The number of amides is 1. The number of likely N-dealkylation sites (N-methyl/N-ethyl adjacent to an activating group) is 1. The zero-order valence-electron chi connectivity index (χ0n) is 19.5. The summed E-state index contributed by atoms with van der Waals surface area (Å²) < 4.78 is 10.9. The molecule has 1 fully saturated rings. The Bertz CT molecular complexity index is 1060. The highest BCUT2D eigenvalue weighted by molar-refractivity contribution is 5.80. The van der Waals surface area contributed by atoms with Gasteiger partial charge in [0, 0.05) is 51.7 Å². The number of rotatable bonds is 7. The summed E-state index contributed by atoms with van der Waals surface area (Å²) in [6, 6.07) is 18.3. The predicted octanol–water partition coefficient (Wildman–Crippen LogP) is 3.90. The minimum Gasteiger partial charge on any atom is -0.497 e. The summed E-state index contributed by atoms with van der Waals surface area (Å²) >= 11 is 0. The number of hydrogen-bond acceptors (Lipinski definition) is 5. The van der Waals surface area contributed by atoms with Gasteiger partial charge in [0.1, 0.15) is 11.5 Å². The lowest BCUT2D eigenvalue weighted by Crippen LogP contribution is -2.34. The van der Waals surface area contributed by atoms with Crippen molar-refractivity contribution in [1.29, 1.82) is 0 Å². The maximum absolute atomic E-state index is 13.2. The molecule has 1 saturated heterocycles. The highest BCUT2D eigenvalue weighted by Crippen LogP contribution is 2.28. The summed E-state index contributed by atoms with van der Waals surface area (Å²) in [4.78, 5) is 21.6. The summed E-state index contributed by atoms with van der Waals surface area (Å²) in [5, 5.41) is 0. The maximum Gasteiger partial charge on any atom is 0.227 e. The topological polar surface area (TPSA) is 54.9 Å². The quantitative estimate of drug-likeness (QED) is 0.552. The molecule has 0 saturated carbocycles. The van der Waals surface area contributed by atoms with E-state index in [4.69, 9.17) is 9.47 Å². The lowest BCUT2D eigenvalue weighted by Gasteiger charge is -2.24. The van der Waals surface area contributed by atoms with Gasteiger partial charge in [-0.1, -0.05) is 24.3 Å². The summed E-state index contributed by atoms with van der Waals surface area (Å²) in [6.07, 6.45) is 4.31. The van der Waals surface area contributed by atoms with Crippen LogP contribution in [0.5, 0.6) is 11.5 Å². The highest BCUT2D eigenvalue weighted by Gasteiger charge is 2.29. The number of methoxy groups -OCH3 is 2. The standard InChI is InChI=1S/C27H31N3O3/c1-29-12-13-30(18-20-14-24(32-2)17-25(15-20)33-3)19-23(27(29)31)16-22-6-4-5-7-26(22)21-8-10-28-11-9-21/h4-11,14-15,17,23H,12-13,16,18-19H2,1-3H3. The fourth-order valence-corrected chi connectivity index (χ4v) is 4.48. The van der Waals surface area contributed by atoms with Crippen molar-refractivity contribution in [2.75, 3.05) is 40.9 Å². The molecule has 0 spiro atoms. The second-order valence-corrected chi connectivity index (χ2v) is 8.51. The Morgan fingerprint density at radius 3 is 2.36 bits per heavy atom. The van der Waals surface area contributed by atoms with E-state index < -0.39 is 0 Å². The van der Waals surface area contributed by atoms with E-state index in [1.807, 2.05) is 54.4 Å². The Hall–Kier alpha value is -3.38. The number of ether oxygens (including phenoxy) is 2. The maximum atomic E-state index is 13.2. The van der Waals surface area contributed by atoms with Gasteiger partial charge in [0.25, 0.3) is 0 Å². The van der Waals surface area contributed by atoms with Gasteiger partial charge < -0.3 is 14.4 Å². The Balaban J connectivity index is 1.57. The minimum absolute atomic E-state index is 0.118. The van der Waals surface area contributed by atoms with Crippen LogP contribution in [0.3, 0.4) is 0 Å². The van der Waals surface area contributed by atoms with Gasteiger partial charge >= 0.3 is 0 Å². The van der Waals surface area contributed by atoms with Crippen LogP contribution in [-0.4, -0.2) is 61.6 Å². The molecule has 1 atom stereocenters. The lowest BCUT2D eigenvalue weighted by atomic mass is 9.91. The van der Waals surface area contributed by atoms with Crippen LogP contribution in [0.2, 0.25) is 0 Å². The van der Waals surface area contributed by atoms with Gasteiger partial charge in [-0.05, 0) is 52.9 Å². The largest absolute Gasteiger partial charge is 0.497 e. The molecule has 2 heterocycles. The first-order valence-electron chi connectivity index (χ1n) is 11.2. The fourth-order valence-electron chi connectivity index (χ4n) is 4.48. The molecule has 0 radical (unpaired) electrons. The predicted molar refractivity (Wildman–Crippen MR) is 129 cm³/mol. The summed E-state index contributed by atoms with van der Waals surface area (Å²) in [6.45, 7) is 2.97. The third kappa shape index (κ3) is 5.52. The molecule has 0 N–H and O–H groups in total. The van der Waals surface area contributed by atoms with E-state index in [-0.39, 0.29) is 11.8 Å². The number of carbonyl (C=O) groups is 1. The normalized spacial score (nSPS) is 17.0. The SMILES string of the molecule is COc1cc(CN2CCN(C)C(=O)C(Cc3ccccc3-c3ccncc3)C2)cc(OC)c1. The van der Waals surface area contributed by atoms with E-state index >= 15 is 0 Å². The van der Waals surface area contributed by atoms with Gasteiger partial charge in [0.2, 0.25) is 5.91 Å². The van der Waals surface area contributed by atoms with Gasteiger partial charge in [-0.25, -0.2) is 0 Å². The molecule has 172 valence electrons. The number of pyridine rings is 1. The van der Waals surface area contributed by atoms with E-state index in [1.54, 1.807) is 26.6 Å². The second kappa shape index (κ2) is 10.5. The molecule has 1 aliphatic heterocycles. The van der Waals surface area contributed by atoms with Gasteiger partial charge in [-0.15, -0.1) is 0 Å². The average molecular weight is 446 g/mol. The van der Waals surface area contributed by atoms with E-state index in [0.717, 1.165) is 41.3 Å². The van der Waals surface area contributed by atoms with Crippen LogP contribution in [0, 0.1) is 5.92 Å². The summed E-state index contributed by atoms with van der Waals surface area (Å²) in [5.74, 6) is 1.63. The van der Waals surface area contributed by atoms with Crippen molar-refractivity contribution in [3.05, 3.63) is 78.1 Å². The van der Waals surface area contributed by atoms with Gasteiger partial charge in [0.15, 0.2) is 0 Å². The third-order valence-electron chi connectivity index (χ3n) is 6.25. The minimum atomic E-state index is -0.118. The van der Waals surface area contributed by atoms with Crippen molar-refractivity contribution in [2.45, 2.75) is 13.0 Å². The number of benzene rings is 2. The zero-order chi connectivity index (χ0) is 23.2. The van der Waals surface area contributed by atoms with Crippen molar-refractivity contribution < 1.29 is 14.3 Å². The van der Waals surface area contributed by atoms with Crippen LogP contribution in [0.4, 0.5) is 0 Å². The molecule has 1 aliphatic rings. The van der Waals surface area contributed by atoms with E-state index in [0.29, 0.717) is 19.5 Å². The molecular formula is C27H31N3O3. The molecule has 1 unspecified atom stereocenters. The van der Waals surface area contributed by atoms with E-state index in [1.165, 1.54) is 5.56 Å². The van der Waals surface area contributed by atoms with Crippen molar-refractivity contribution in [3.8, 4) is 22.6 Å². The molecule has 0 aliphatic carbocycles. The third-order valence-corrected chi connectivity index (χ3v) is 6.25. The van der Waals surface area contributed by atoms with Gasteiger partial charge in [-0.2, -0.15) is 0 Å². The lowest BCUT2D eigenvalue weighted by molar-refractivity contribution is -0.133. The Morgan fingerprint density at radius 1 is 0.970 bits per heavy atom. The molecule has 6 nitrogen and oxygen atoms in total. The van der Waals surface area contributed by atoms with E-state index in [2.05, 4.69) is 22.0 Å². The van der Waals surface area contributed by atoms with E-state index in [9.17, 15) is 4.79 Å². The van der Waals surface area contributed by atoms with Crippen LogP contribution in [-0.2, 0) is 17.8 Å².